The van der Waals surface area contributed by atoms with Crippen molar-refractivity contribution in [1.29, 1.82) is 0 Å². The highest BCUT2D eigenvalue weighted by molar-refractivity contribution is 5.87. The van der Waals surface area contributed by atoms with Gasteiger partial charge >= 0.3 is 18.0 Å². The van der Waals surface area contributed by atoms with Crippen molar-refractivity contribution in [2.45, 2.75) is 89.7 Å². The topological polar surface area (TPSA) is 145 Å². The molecule has 6 rings (SSSR count). The van der Waals surface area contributed by atoms with Crippen LogP contribution in [0.1, 0.15) is 57.1 Å². The molecule has 2 fully saturated rings. The summed E-state index contributed by atoms with van der Waals surface area (Å²) in [7, 11) is 1.46. The lowest BCUT2D eigenvalue weighted by atomic mass is 9.51. The fourth-order valence-electron chi connectivity index (χ4n) is 8.76. The van der Waals surface area contributed by atoms with Gasteiger partial charge in [0.15, 0.2) is 6.10 Å². The van der Waals surface area contributed by atoms with Crippen molar-refractivity contribution in [1.82, 2.24) is 10.3 Å². The Kier molecular flexibility index (Phi) is 9.81. The molecule has 3 heterocycles. The van der Waals surface area contributed by atoms with Crippen molar-refractivity contribution in [3.8, 4) is 0 Å². The van der Waals surface area contributed by atoms with Gasteiger partial charge in [0.1, 0.15) is 35.7 Å². The van der Waals surface area contributed by atoms with E-state index in [4.69, 9.17) is 23.7 Å². The predicted octanol–water partition coefficient (Wildman–Crippen LogP) is 4.77. The largest absolute Gasteiger partial charge is 0.456 e. The molecule has 11 nitrogen and oxygen atoms in total. The molecule has 1 aromatic heterocycles. The Hall–Kier alpha value is -3.93. The maximum Gasteiger partial charge on any atom is 0.407 e. The minimum atomic E-state index is -1.04. The standard InChI is InChI=1S/C38H48N2O9/c1-21-19-22(2)38-26(14-16-37(5)32(38)29(41)23(3)31(33(37)49-38)48-34(42)27-13-10-17-39-27)20-28(45-6)35(43)47-30(21)24(4)46-36(44)40-18-15-25-11-8-7-9-12-25/h7-14,16-17,19,21,23-24,26,28-33,39,41H,15,18,20H2,1-6H3,(H,40,44)/b22-19+/t21-,23-,24-,26-,28+,29-,30+,31-,32-,33+,37-,38+/m1/s1. The summed E-state index contributed by atoms with van der Waals surface area (Å²) in [6.45, 7) is 9.90. The lowest BCUT2D eigenvalue weighted by Gasteiger charge is -2.53. The highest BCUT2D eigenvalue weighted by Gasteiger charge is 2.73. The summed E-state index contributed by atoms with van der Waals surface area (Å²) in [6.07, 6.45) is 3.23. The van der Waals surface area contributed by atoms with Crippen molar-refractivity contribution < 1.29 is 43.2 Å². The number of cyclic esters (lactones) is 1. The van der Waals surface area contributed by atoms with Crippen molar-refractivity contribution in [2.75, 3.05) is 13.7 Å². The molecule has 1 amide bonds. The molecule has 49 heavy (non-hydrogen) atoms. The first kappa shape index (κ1) is 34.9. The van der Waals surface area contributed by atoms with Gasteiger partial charge in [-0.25, -0.2) is 14.4 Å². The Labute approximate surface area is 287 Å². The van der Waals surface area contributed by atoms with Crippen LogP contribution in [0, 0.1) is 29.1 Å². The third-order valence-electron chi connectivity index (χ3n) is 11.3. The molecule has 2 aliphatic heterocycles. The van der Waals surface area contributed by atoms with Gasteiger partial charge in [-0.05, 0) is 50.0 Å². The number of alkyl carbamates (subject to hydrolysis) is 1. The van der Waals surface area contributed by atoms with Gasteiger partial charge in [0.2, 0.25) is 0 Å². The van der Waals surface area contributed by atoms with E-state index < -0.39 is 83.4 Å². The smallest absolute Gasteiger partial charge is 0.407 e. The van der Waals surface area contributed by atoms with Gasteiger partial charge in [0.25, 0.3) is 0 Å². The molecular weight excluding hydrogens is 628 g/mol. The van der Waals surface area contributed by atoms with Crippen LogP contribution < -0.4 is 5.32 Å². The summed E-state index contributed by atoms with van der Waals surface area (Å²) < 4.78 is 30.8. The summed E-state index contributed by atoms with van der Waals surface area (Å²) in [5, 5.41) is 14.9. The van der Waals surface area contributed by atoms with Gasteiger partial charge in [-0.15, -0.1) is 0 Å². The fraction of sp³-hybridized carbons (Fsp3) is 0.553. The van der Waals surface area contributed by atoms with E-state index in [2.05, 4.69) is 22.5 Å². The SMILES string of the molecule is CO[C@H]1C[C@H]2C=C[C@]3(C)[C@H]4[C@H](O)[C@@H](C)[C@@H](OC(=O)c5ccc[nH]5)[C@@H]3O[C@@]24/C(C)=C/[C@@H](C)[C@@H]([C@@H](C)OC(=O)NCCc2ccccc2)OC1=O. The molecule has 1 saturated carbocycles. The van der Waals surface area contributed by atoms with E-state index in [0.29, 0.717) is 18.7 Å². The molecule has 4 aliphatic rings. The highest BCUT2D eigenvalue weighted by atomic mass is 16.6. The van der Waals surface area contributed by atoms with Crippen LogP contribution in [0.15, 0.2) is 72.5 Å². The average molecular weight is 677 g/mol. The van der Waals surface area contributed by atoms with Gasteiger partial charge in [0, 0.05) is 48.9 Å². The van der Waals surface area contributed by atoms with Crippen LogP contribution in [0.2, 0.25) is 0 Å². The zero-order valence-corrected chi connectivity index (χ0v) is 29.0. The first-order valence-corrected chi connectivity index (χ1v) is 17.2. The Bertz CT molecular complexity index is 1570. The van der Waals surface area contributed by atoms with Crippen molar-refractivity contribution in [2.24, 2.45) is 29.1 Å². The molecular formula is C38H48N2O9. The van der Waals surface area contributed by atoms with Crippen molar-refractivity contribution >= 4 is 18.0 Å². The molecule has 4 bridgehead atoms. The summed E-state index contributed by atoms with van der Waals surface area (Å²) in [6, 6.07) is 13.2. The van der Waals surface area contributed by atoms with E-state index in [0.717, 1.165) is 11.1 Å². The minimum Gasteiger partial charge on any atom is -0.456 e. The number of methoxy groups -OCH3 is 1. The molecule has 0 unspecified atom stereocenters. The van der Waals surface area contributed by atoms with Crippen LogP contribution in [-0.2, 0) is 34.9 Å². The number of carbonyl (C=O) groups is 3. The van der Waals surface area contributed by atoms with Gasteiger partial charge in [-0.1, -0.05) is 69.3 Å². The molecule has 3 N–H and O–H groups in total. The molecule has 12 atom stereocenters. The highest BCUT2D eigenvalue weighted by Crippen LogP contribution is 2.66. The summed E-state index contributed by atoms with van der Waals surface area (Å²) in [5.74, 6) is -2.71. The number of aliphatic hydroxyl groups is 1. The van der Waals surface area contributed by atoms with E-state index in [1.807, 2.05) is 64.1 Å². The molecule has 1 aromatic carbocycles. The van der Waals surface area contributed by atoms with E-state index in [-0.39, 0.29) is 12.3 Å². The van der Waals surface area contributed by atoms with Crippen molar-refractivity contribution in [3.05, 3.63) is 83.7 Å². The zero-order valence-electron chi connectivity index (χ0n) is 29.0. The van der Waals surface area contributed by atoms with Crippen LogP contribution in [0.3, 0.4) is 0 Å². The number of hydrogen-bond acceptors (Lipinski definition) is 9. The average Bonchev–Trinajstić information content (AvgIpc) is 3.66. The van der Waals surface area contributed by atoms with Crippen LogP contribution >= 0.6 is 0 Å². The first-order chi connectivity index (χ1) is 23.4. The zero-order chi connectivity index (χ0) is 35.1. The number of hydrogen-bond donors (Lipinski definition) is 3. The third-order valence-corrected chi connectivity index (χ3v) is 11.3. The monoisotopic (exact) mass is 676 g/mol. The quantitative estimate of drug-likeness (QED) is 0.205. The second-order valence-corrected chi connectivity index (χ2v) is 14.3. The number of nitrogens with one attached hydrogen (secondary N) is 2. The maximum absolute atomic E-state index is 13.7. The lowest BCUT2D eigenvalue weighted by Crippen LogP contribution is -2.61. The third kappa shape index (κ3) is 6.21. The normalized spacial score (nSPS) is 38.3. The van der Waals surface area contributed by atoms with Gasteiger partial charge in [-0.2, -0.15) is 0 Å². The number of ether oxygens (including phenoxy) is 5. The number of amides is 1. The number of aromatic amines is 1. The predicted molar refractivity (Wildman–Crippen MR) is 179 cm³/mol. The number of aliphatic hydroxyl groups excluding tert-OH is 1. The first-order valence-electron chi connectivity index (χ1n) is 17.2. The molecule has 264 valence electrons. The Morgan fingerprint density at radius 3 is 2.61 bits per heavy atom. The van der Waals surface area contributed by atoms with E-state index in [1.54, 1.807) is 25.3 Å². The molecule has 0 radical (unpaired) electrons. The molecule has 11 heteroatoms. The summed E-state index contributed by atoms with van der Waals surface area (Å²) in [5.41, 5.74) is 0.544. The summed E-state index contributed by atoms with van der Waals surface area (Å²) in [4.78, 5) is 42.6. The van der Waals surface area contributed by atoms with Gasteiger partial charge in [0.05, 0.1) is 6.10 Å². The number of H-pyrrole nitrogens is 1. The number of aromatic nitrogens is 1. The second-order valence-electron chi connectivity index (χ2n) is 14.3. The second kappa shape index (κ2) is 13.8. The molecule has 1 spiro atoms. The number of rotatable bonds is 8. The minimum absolute atomic E-state index is 0.223. The van der Waals surface area contributed by atoms with Crippen LogP contribution in [0.4, 0.5) is 4.79 Å². The van der Waals surface area contributed by atoms with Gasteiger partial charge in [-0.3, -0.25) is 0 Å². The lowest BCUT2D eigenvalue weighted by molar-refractivity contribution is -0.172. The maximum atomic E-state index is 13.7. The van der Waals surface area contributed by atoms with E-state index in [1.165, 1.54) is 7.11 Å². The van der Waals surface area contributed by atoms with Crippen LogP contribution in [0.25, 0.3) is 0 Å². The van der Waals surface area contributed by atoms with E-state index >= 15 is 0 Å². The number of esters is 2. The molecule has 2 aliphatic carbocycles. The van der Waals surface area contributed by atoms with Crippen LogP contribution in [-0.4, -0.2) is 84.0 Å². The number of benzene rings is 1. The van der Waals surface area contributed by atoms with Crippen LogP contribution in [0.5, 0.6) is 0 Å². The molecule has 2 aromatic rings. The van der Waals surface area contributed by atoms with E-state index in [9.17, 15) is 19.5 Å². The summed E-state index contributed by atoms with van der Waals surface area (Å²) >= 11 is 0. The molecule has 1 saturated heterocycles. The van der Waals surface area contributed by atoms with Gasteiger partial charge < -0.3 is 39.1 Å². The number of carbonyl (C=O) groups excluding carboxylic acids is 3. The van der Waals surface area contributed by atoms with Crippen molar-refractivity contribution in [3.63, 3.8) is 0 Å². The Balaban J connectivity index is 1.29. The Morgan fingerprint density at radius 1 is 1.16 bits per heavy atom. The Morgan fingerprint density at radius 2 is 1.92 bits per heavy atom. The fourth-order valence-corrected chi connectivity index (χ4v) is 8.76.